The molecule has 1 atom stereocenters. The van der Waals surface area contributed by atoms with Gasteiger partial charge in [-0.3, -0.25) is 4.90 Å². The van der Waals surface area contributed by atoms with Crippen LogP contribution in [0.25, 0.3) is 0 Å². The number of fused-ring (bicyclic) bond motifs is 1. The van der Waals surface area contributed by atoms with Gasteiger partial charge >= 0.3 is 0 Å². The summed E-state index contributed by atoms with van der Waals surface area (Å²) in [6.07, 6.45) is 0. The molecule has 0 fully saturated rings. The standard InChI is InChI=1S/C14H16FN3S/c1-9-8-19-14(17-9)7-18-6-11-10(13(18)5-16)3-2-4-12(11)15/h2-4,8,13H,5-7,16H2,1H3. The molecule has 2 heterocycles. The molecule has 3 nitrogen and oxygen atoms in total. The fourth-order valence-electron chi connectivity index (χ4n) is 2.66. The van der Waals surface area contributed by atoms with Crippen LogP contribution >= 0.6 is 11.3 Å². The van der Waals surface area contributed by atoms with Gasteiger partial charge < -0.3 is 5.73 Å². The first-order chi connectivity index (χ1) is 9.19. The Morgan fingerprint density at radius 1 is 1.53 bits per heavy atom. The van der Waals surface area contributed by atoms with Crippen molar-refractivity contribution in [2.75, 3.05) is 6.54 Å². The van der Waals surface area contributed by atoms with Crippen molar-refractivity contribution in [1.82, 2.24) is 9.88 Å². The molecule has 5 heteroatoms. The number of rotatable bonds is 3. The number of benzene rings is 1. The number of hydrogen-bond donors (Lipinski definition) is 1. The third-order valence-electron chi connectivity index (χ3n) is 3.54. The molecule has 0 amide bonds. The summed E-state index contributed by atoms with van der Waals surface area (Å²) in [5, 5.41) is 3.10. The summed E-state index contributed by atoms with van der Waals surface area (Å²) in [7, 11) is 0. The van der Waals surface area contributed by atoms with Crippen molar-refractivity contribution in [3.63, 3.8) is 0 Å². The number of halogens is 1. The minimum atomic E-state index is -0.131. The van der Waals surface area contributed by atoms with E-state index < -0.39 is 0 Å². The van der Waals surface area contributed by atoms with E-state index in [0.29, 0.717) is 13.1 Å². The lowest BCUT2D eigenvalue weighted by atomic mass is 10.0. The summed E-state index contributed by atoms with van der Waals surface area (Å²) in [5.41, 5.74) is 8.71. The topological polar surface area (TPSA) is 42.1 Å². The average Bonchev–Trinajstić information content (AvgIpc) is 2.94. The summed E-state index contributed by atoms with van der Waals surface area (Å²) < 4.78 is 13.8. The van der Waals surface area contributed by atoms with Crippen LogP contribution in [0.15, 0.2) is 23.6 Å². The average molecular weight is 277 g/mol. The molecule has 0 radical (unpaired) electrons. The Hall–Kier alpha value is -1.30. The maximum atomic E-state index is 13.8. The highest BCUT2D eigenvalue weighted by Crippen LogP contribution is 2.35. The number of nitrogens with two attached hydrogens (primary N) is 1. The van der Waals surface area contributed by atoms with Crippen molar-refractivity contribution < 1.29 is 4.39 Å². The van der Waals surface area contributed by atoms with E-state index in [1.54, 1.807) is 17.4 Å². The van der Waals surface area contributed by atoms with Crippen LogP contribution < -0.4 is 5.73 Å². The van der Waals surface area contributed by atoms with Crippen molar-refractivity contribution in [3.05, 3.63) is 51.2 Å². The molecule has 0 saturated heterocycles. The molecule has 2 aromatic rings. The maximum absolute atomic E-state index is 13.8. The molecule has 100 valence electrons. The molecular weight excluding hydrogens is 261 g/mol. The van der Waals surface area contributed by atoms with E-state index in [9.17, 15) is 4.39 Å². The molecule has 19 heavy (non-hydrogen) atoms. The molecule has 3 rings (SSSR count). The van der Waals surface area contributed by atoms with Gasteiger partial charge in [0.15, 0.2) is 0 Å². The summed E-state index contributed by atoms with van der Waals surface area (Å²) in [5.74, 6) is -0.131. The van der Waals surface area contributed by atoms with Crippen LogP contribution in [-0.4, -0.2) is 16.4 Å². The zero-order valence-electron chi connectivity index (χ0n) is 10.8. The number of nitrogens with zero attached hydrogens (tertiary/aromatic N) is 2. The number of thiazole rings is 1. The molecule has 2 N–H and O–H groups in total. The Morgan fingerprint density at radius 2 is 2.37 bits per heavy atom. The third kappa shape index (κ3) is 2.29. The summed E-state index contributed by atoms with van der Waals surface area (Å²) in [6.45, 7) is 3.83. The molecule has 1 unspecified atom stereocenters. The summed E-state index contributed by atoms with van der Waals surface area (Å²) >= 11 is 1.64. The van der Waals surface area contributed by atoms with Crippen molar-refractivity contribution >= 4 is 11.3 Å². The first-order valence-electron chi connectivity index (χ1n) is 6.31. The van der Waals surface area contributed by atoms with Crippen LogP contribution in [0, 0.1) is 12.7 Å². The Balaban J connectivity index is 1.87. The smallest absolute Gasteiger partial charge is 0.128 e. The van der Waals surface area contributed by atoms with E-state index >= 15 is 0 Å². The minimum absolute atomic E-state index is 0.0925. The number of aryl methyl sites for hydroxylation is 1. The van der Waals surface area contributed by atoms with Gasteiger partial charge in [-0.05, 0) is 18.6 Å². The summed E-state index contributed by atoms with van der Waals surface area (Å²) in [6, 6.07) is 5.34. The van der Waals surface area contributed by atoms with Gasteiger partial charge in [-0.25, -0.2) is 9.37 Å². The molecule has 0 bridgehead atoms. The van der Waals surface area contributed by atoms with Gasteiger partial charge in [-0.2, -0.15) is 0 Å². The minimum Gasteiger partial charge on any atom is -0.329 e. The first-order valence-corrected chi connectivity index (χ1v) is 7.19. The Kier molecular flexibility index (Phi) is 3.35. The Labute approximate surface area is 115 Å². The quantitative estimate of drug-likeness (QED) is 0.937. The van der Waals surface area contributed by atoms with Gasteiger partial charge in [0.05, 0.1) is 6.54 Å². The van der Waals surface area contributed by atoms with Gasteiger partial charge in [-0.15, -0.1) is 11.3 Å². The second-order valence-electron chi connectivity index (χ2n) is 4.85. The van der Waals surface area contributed by atoms with Crippen molar-refractivity contribution in [2.45, 2.75) is 26.1 Å². The van der Waals surface area contributed by atoms with Crippen molar-refractivity contribution in [3.8, 4) is 0 Å². The predicted octanol–water partition coefficient (Wildman–Crippen LogP) is 2.61. The van der Waals surface area contributed by atoms with E-state index in [0.717, 1.165) is 28.4 Å². The SMILES string of the molecule is Cc1csc(CN2Cc3c(F)cccc3C2CN)n1. The molecule has 1 aliphatic heterocycles. The van der Waals surface area contributed by atoms with E-state index in [1.807, 2.05) is 18.4 Å². The fraction of sp³-hybridized carbons (Fsp3) is 0.357. The zero-order chi connectivity index (χ0) is 13.4. The summed E-state index contributed by atoms with van der Waals surface area (Å²) in [4.78, 5) is 6.67. The van der Waals surface area contributed by atoms with E-state index in [-0.39, 0.29) is 11.9 Å². The largest absolute Gasteiger partial charge is 0.329 e. The molecule has 0 spiro atoms. The highest BCUT2D eigenvalue weighted by Gasteiger charge is 2.31. The fourth-order valence-corrected chi connectivity index (χ4v) is 3.45. The number of aromatic nitrogens is 1. The van der Waals surface area contributed by atoms with E-state index in [4.69, 9.17) is 5.73 Å². The monoisotopic (exact) mass is 277 g/mol. The van der Waals surface area contributed by atoms with Crippen LogP contribution in [0.2, 0.25) is 0 Å². The lowest BCUT2D eigenvalue weighted by molar-refractivity contribution is 0.209. The Bertz CT molecular complexity index is 596. The van der Waals surface area contributed by atoms with Gasteiger partial charge in [0, 0.05) is 35.8 Å². The highest BCUT2D eigenvalue weighted by molar-refractivity contribution is 7.09. The van der Waals surface area contributed by atoms with E-state index in [2.05, 4.69) is 9.88 Å². The van der Waals surface area contributed by atoms with Gasteiger partial charge in [0.2, 0.25) is 0 Å². The second-order valence-corrected chi connectivity index (χ2v) is 5.79. The van der Waals surface area contributed by atoms with Gasteiger partial charge in [-0.1, -0.05) is 12.1 Å². The lowest BCUT2D eigenvalue weighted by Crippen LogP contribution is -2.27. The maximum Gasteiger partial charge on any atom is 0.128 e. The van der Waals surface area contributed by atoms with Gasteiger partial charge in [0.1, 0.15) is 10.8 Å². The van der Waals surface area contributed by atoms with Crippen LogP contribution in [0.4, 0.5) is 4.39 Å². The first kappa shape index (κ1) is 12.7. The predicted molar refractivity (Wildman–Crippen MR) is 74.3 cm³/mol. The second kappa shape index (κ2) is 5.00. The van der Waals surface area contributed by atoms with Gasteiger partial charge in [0.25, 0.3) is 0 Å². The molecule has 0 aliphatic carbocycles. The van der Waals surface area contributed by atoms with Crippen molar-refractivity contribution in [1.29, 1.82) is 0 Å². The highest BCUT2D eigenvalue weighted by atomic mass is 32.1. The van der Waals surface area contributed by atoms with E-state index in [1.165, 1.54) is 6.07 Å². The molecule has 1 aliphatic rings. The van der Waals surface area contributed by atoms with Crippen LogP contribution in [0.1, 0.15) is 27.9 Å². The van der Waals surface area contributed by atoms with Crippen LogP contribution in [-0.2, 0) is 13.1 Å². The Morgan fingerprint density at radius 3 is 3.05 bits per heavy atom. The zero-order valence-corrected chi connectivity index (χ0v) is 11.6. The molecule has 1 aromatic heterocycles. The van der Waals surface area contributed by atoms with Crippen LogP contribution in [0.3, 0.4) is 0 Å². The number of hydrogen-bond acceptors (Lipinski definition) is 4. The van der Waals surface area contributed by atoms with Crippen LogP contribution in [0.5, 0.6) is 0 Å². The van der Waals surface area contributed by atoms with Crippen molar-refractivity contribution in [2.24, 2.45) is 5.73 Å². The molecular formula is C14H16FN3S. The lowest BCUT2D eigenvalue weighted by Gasteiger charge is -2.22. The normalized spacial score (nSPS) is 18.8. The third-order valence-corrected chi connectivity index (χ3v) is 4.50. The molecule has 0 saturated carbocycles. The molecule has 1 aromatic carbocycles.